The highest BCUT2D eigenvalue weighted by molar-refractivity contribution is 7.99. The van der Waals surface area contributed by atoms with E-state index in [0.717, 1.165) is 5.56 Å². The van der Waals surface area contributed by atoms with Gasteiger partial charge in [-0.25, -0.2) is 14.4 Å². The largest absolute Gasteiger partial charge is 0.298 e. The van der Waals surface area contributed by atoms with Crippen LogP contribution < -0.4 is 0 Å². The minimum absolute atomic E-state index is 0.0686. The Bertz CT molecular complexity index is 516. The van der Waals surface area contributed by atoms with Crippen LogP contribution in [0.3, 0.4) is 0 Å². The minimum Gasteiger partial charge on any atom is -0.298 e. The molecule has 1 heterocycles. The van der Waals surface area contributed by atoms with Crippen molar-refractivity contribution < 1.29 is 9.18 Å². The summed E-state index contributed by atoms with van der Waals surface area (Å²) in [7, 11) is 0. The predicted octanol–water partition coefficient (Wildman–Crippen LogP) is 2.52. The van der Waals surface area contributed by atoms with Crippen molar-refractivity contribution in [1.29, 1.82) is 0 Å². The fraction of sp³-hybridized carbons (Fsp3) is 0.154. The smallest absolute Gasteiger partial charge is 0.187 e. The third kappa shape index (κ3) is 3.92. The number of thioether (sulfide) groups is 1. The quantitative estimate of drug-likeness (QED) is 0.613. The summed E-state index contributed by atoms with van der Waals surface area (Å²) < 4.78 is 12.7. The second-order valence-electron chi connectivity index (χ2n) is 3.66. The molecule has 0 aliphatic heterocycles. The van der Waals surface area contributed by atoms with Crippen molar-refractivity contribution in [2.75, 3.05) is 5.75 Å². The lowest BCUT2D eigenvalue weighted by molar-refractivity contribution is -0.116. The average Bonchev–Trinajstić information content (AvgIpc) is 2.40. The lowest BCUT2D eigenvalue weighted by Crippen LogP contribution is -2.06. The third-order valence-corrected chi connectivity index (χ3v) is 3.15. The Morgan fingerprint density at radius 1 is 1.17 bits per heavy atom. The zero-order valence-electron chi connectivity index (χ0n) is 9.54. The molecule has 0 saturated carbocycles. The summed E-state index contributed by atoms with van der Waals surface area (Å²) in [4.78, 5) is 19.7. The van der Waals surface area contributed by atoms with E-state index in [1.54, 1.807) is 30.6 Å². The lowest BCUT2D eigenvalue weighted by Gasteiger charge is -2.01. The summed E-state index contributed by atoms with van der Waals surface area (Å²) in [6, 6.07) is 7.68. The fourth-order valence-electron chi connectivity index (χ4n) is 1.39. The number of halogens is 1. The van der Waals surface area contributed by atoms with Crippen LogP contribution in [0.4, 0.5) is 4.39 Å². The summed E-state index contributed by atoms with van der Waals surface area (Å²) in [5.74, 6) is 0.0961. The van der Waals surface area contributed by atoms with Gasteiger partial charge in [0.05, 0.1) is 5.75 Å². The van der Waals surface area contributed by atoms with Crippen molar-refractivity contribution >= 4 is 17.5 Å². The summed E-state index contributed by atoms with van der Waals surface area (Å²) in [6.45, 7) is 0. The van der Waals surface area contributed by atoms with Crippen LogP contribution in [0.2, 0.25) is 0 Å². The number of carbonyl (C=O) groups excluding carboxylic acids is 1. The number of hydrogen-bond acceptors (Lipinski definition) is 4. The Balaban J connectivity index is 1.84. The van der Waals surface area contributed by atoms with E-state index in [4.69, 9.17) is 0 Å². The van der Waals surface area contributed by atoms with Gasteiger partial charge in [-0.1, -0.05) is 23.9 Å². The number of benzene rings is 1. The van der Waals surface area contributed by atoms with Gasteiger partial charge in [0.25, 0.3) is 0 Å². The summed E-state index contributed by atoms with van der Waals surface area (Å²) in [6.07, 6.45) is 3.58. The summed E-state index contributed by atoms with van der Waals surface area (Å²) in [5.41, 5.74) is 0.816. The van der Waals surface area contributed by atoms with E-state index < -0.39 is 0 Å². The monoisotopic (exact) mass is 262 g/mol. The van der Waals surface area contributed by atoms with Gasteiger partial charge in [0.2, 0.25) is 0 Å². The maximum Gasteiger partial charge on any atom is 0.187 e. The van der Waals surface area contributed by atoms with E-state index in [9.17, 15) is 9.18 Å². The maximum absolute atomic E-state index is 12.7. The van der Waals surface area contributed by atoms with Gasteiger partial charge in [-0.2, -0.15) is 0 Å². The molecule has 0 aliphatic carbocycles. The minimum atomic E-state index is -0.293. The van der Waals surface area contributed by atoms with Crippen molar-refractivity contribution in [3.05, 3.63) is 54.1 Å². The second kappa shape index (κ2) is 6.26. The van der Waals surface area contributed by atoms with Gasteiger partial charge < -0.3 is 0 Å². The van der Waals surface area contributed by atoms with Crippen LogP contribution in [0.5, 0.6) is 0 Å². The number of nitrogens with zero attached hydrogens (tertiary/aromatic N) is 2. The van der Waals surface area contributed by atoms with Gasteiger partial charge in [-0.15, -0.1) is 0 Å². The number of ketones is 1. The molecule has 3 nitrogen and oxygen atoms in total. The van der Waals surface area contributed by atoms with E-state index in [1.807, 2.05) is 0 Å². The Labute approximate surface area is 108 Å². The Kier molecular flexibility index (Phi) is 4.41. The highest BCUT2D eigenvalue weighted by atomic mass is 32.2. The zero-order valence-corrected chi connectivity index (χ0v) is 10.4. The Hall–Kier alpha value is -1.75. The van der Waals surface area contributed by atoms with Gasteiger partial charge in [0, 0.05) is 18.8 Å². The molecule has 0 unspecified atom stereocenters. The van der Waals surface area contributed by atoms with Crippen molar-refractivity contribution in [2.45, 2.75) is 11.6 Å². The van der Waals surface area contributed by atoms with Crippen LogP contribution >= 0.6 is 11.8 Å². The van der Waals surface area contributed by atoms with Gasteiger partial charge in [0.1, 0.15) is 11.6 Å². The zero-order chi connectivity index (χ0) is 12.8. The molecule has 0 aliphatic rings. The number of Topliss-reactive ketones (excluding diaryl/α,β-unsaturated/α-hetero) is 1. The number of carbonyl (C=O) groups is 1. The fourth-order valence-corrected chi connectivity index (χ4v) is 2.05. The molecule has 2 aromatic rings. The van der Waals surface area contributed by atoms with Gasteiger partial charge in [-0.3, -0.25) is 4.79 Å². The SMILES string of the molecule is O=C(CSc1ncccn1)Cc1ccc(F)cc1. The average molecular weight is 262 g/mol. The lowest BCUT2D eigenvalue weighted by atomic mass is 10.1. The standard InChI is InChI=1S/C13H11FN2OS/c14-11-4-2-10(3-5-11)8-12(17)9-18-13-15-6-1-7-16-13/h1-7H,8-9H2. The highest BCUT2D eigenvalue weighted by Gasteiger charge is 2.06. The van der Waals surface area contributed by atoms with E-state index in [-0.39, 0.29) is 11.6 Å². The molecule has 0 fully saturated rings. The molecule has 18 heavy (non-hydrogen) atoms. The van der Waals surface area contributed by atoms with Crippen LogP contribution in [-0.2, 0) is 11.2 Å². The first-order chi connectivity index (χ1) is 8.74. The number of aromatic nitrogens is 2. The van der Waals surface area contributed by atoms with Crippen molar-refractivity contribution in [3.63, 3.8) is 0 Å². The summed E-state index contributed by atoms with van der Waals surface area (Å²) in [5, 5.41) is 0.588. The summed E-state index contributed by atoms with van der Waals surface area (Å²) >= 11 is 1.31. The normalized spacial score (nSPS) is 10.3. The molecule has 1 aromatic heterocycles. The Morgan fingerprint density at radius 3 is 2.50 bits per heavy atom. The molecule has 2 rings (SSSR count). The molecular weight excluding hydrogens is 251 g/mol. The van der Waals surface area contributed by atoms with Gasteiger partial charge in [0.15, 0.2) is 5.16 Å². The van der Waals surface area contributed by atoms with Crippen LogP contribution in [0, 0.1) is 5.82 Å². The highest BCUT2D eigenvalue weighted by Crippen LogP contribution is 2.12. The molecule has 0 amide bonds. The molecule has 0 atom stereocenters. The second-order valence-corrected chi connectivity index (χ2v) is 4.60. The molecular formula is C13H11FN2OS. The number of rotatable bonds is 5. The number of hydrogen-bond donors (Lipinski definition) is 0. The third-order valence-electron chi connectivity index (χ3n) is 2.22. The van der Waals surface area contributed by atoms with Crippen LogP contribution in [-0.4, -0.2) is 21.5 Å². The van der Waals surface area contributed by atoms with Gasteiger partial charge in [-0.05, 0) is 23.8 Å². The predicted molar refractivity (Wildman–Crippen MR) is 67.9 cm³/mol. The molecule has 0 N–H and O–H groups in total. The first-order valence-corrected chi connectivity index (χ1v) is 6.38. The Morgan fingerprint density at radius 2 is 1.83 bits per heavy atom. The molecule has 1 aromatic carbocycles. The van der Waals surface area contributed by atoms with Crippen molar-refractivity contribution in [1.82, 2.24) is 9.97 Å². The van der Waals surface area contributed by atoms with Crippen LogP contribution in [0.1, 0.15) is 5.56 Å². The topological polar surface area (TPSA) is 42.9 Å². The van der Waals surface area contributed by atoms with E-state index >= 15 is 0 Å². The molecule has 0 radical (unpaired) electrons. The van der Waals surface area contributed by atoms with Gasteiger partial charge >= 0.3 is 0 Å². The van der Waals surface area contributed by atoms with E-state index in [2.05, 4.69) is 9.97 Å². The van der Waals surface area contributed by atoms with Crippen molar-refractivity contribution in [2.24, 2.45) is 0 Å². The maximum atomic E-state index is 12.7. The van der Waals surface area contributed by atoms with E-state index in [0.29, 0.717) is 17.3 Å². The van der Waals surface area contributed by atoms with E-state index in [1.165, 1.54) is 23.9 Å². The molecule has 0 saturated heterocycles. The molecule has 0 bridgehead atoms. The molecule has 92 valence electrons. The molecule has 0 spiro atoms. The first kappa shape index (κ1) is 12.7. The van der Waals surface area contributed by atoms with Crippen LogP contribution in [0.15, 0.2) is 47.9 Å². The van der Waals surface area contributed by atoms with Crippen molar-refractivity contribution in [3.8, 4) is 0 Å². The molecule has 5 heteroatoms. The first-order valence-electron chi connectivity index (χ1n) is 5.40. The van der Waals surface area contributed by atoms with Crippen LogP contribution in [0.25, 0.3) is 0 Å².